The molecule has 2 aliphatic rings. The van der Waals surface area contributed by atoms with Crippen molar-refractivity contribution in [3.05, 3.63) is 29.8 Å². The van der Waals surface area contributed by atoms with E-state index in [1.807, 2.05) is 24.0 Å². The van der Waals surface area contributed by atoms with E-state index < -0.39 is 10.0 Å². The minimum absolute atomic E-state index is 0.177. The van der Waals surface area contributed by atoms with Gasteiger partial charge < -0.3 is 9.64 Å². The molecule has 0 bridgehead atoms. The average molecular weight is 423 g/mol. The molecule has 1 atom stereocenters. The molecule has 1 unspecified atom stereocenters. The maximum Gasteiger partial charge on any atom is 0.243 e. The van der Waals surface area contributed by atoms with Gasteiger partial charge in [-0.2, -0.15) is 4.31 Å². The Labute approximate surface area is 175 Å². The Morgan fingerprint density at radius 3 is 2.48 bits per heavy atom. The van der Waals surface area contributed by atoms with Gasteiger partial charge in [0, 0.05) is 39.2 Å². The number of benzene rings is 1. The predicted octanol–water partition coefficient (Wildman–Crippen LogP) is 3.07. The summed E-state index contributed by atoms with van der Waals surface area (Å²) in [5.41, 5.74) is 0.999. The predicted molar refractivity (Wildman–Crippen MR) is 113 cm³/mol. The fraction of sp³-hybridized carbons (Fsp3) is 0.682. The number of piperidine rings is 2. The molecule has 29 heavy (non-hydrogen) atoms. The van der Waals surface area contributed by atoms with Crippen molar-refractivity contribution in [1.29, 1.82) is 0 Å². The van der Waals surface area contributed by atoms with Gasteiger partial charge in [-0.3, -0.25) is 4.79 Å². The van der Waals surface area contributed by atoms with Gasteiger partial charge in [0.2, 0.25) is 15.9 Å². The molecular formula is C22H34N2O4S. The monoisotopic (exact) mass is 422 g/mol. The van der Waals surface area contributed by atoms with Crippen LogP contribution in [-0.4, -0.2) is 62.9 Å². The first-order chi connectivity index (χ1) is 14.0. The Bertz CT molecular complexity index is 758. The first-order valence-corrected chi connectivity index (χ1v) is 12.4. The van der Waals surface area contributed by atoms with Gasteiger partial charge in [0.1, 0.15) is 0 Å². The van der Waals surface area contributed by atoms with E-state index in [9.17, 15) is 13.2 Å². The number of rotatable bonds is 8. The number of aryl methyl sites for hydroxylation is 1. The lowest BCUT2D eigenvalue weighted by molar-refractivity contribution is -0.133. The van der Waals surface area contributed by atoms with Gasteiger partial charge in [0.05, 0.1) is 11.5 Å². The molecule has 2 heterocycles. The smallest absolute Gasteiger partial charge is 0.243 e. The summed E-state index contributed by atoms with van der Waals surface area (Å²) >= 11 is 0. The summed E-state index contributed by atoms with van der Waals surface area (Å²) < 4.78 is 32.6. The van der Waals surface area contributed by atoms with Crippen molar-refractivity contribution in [2.24, 2.45) is 5.92 Å². The van der Waals surface area contributed by atoms with E-state index in [2.05, 4.69) is 0 Å². The lowest BCUT2D eigenvalue weighted by Gasteiger charge is -2.32. The molecule has 2 saturated heterocycles. The molecule has 0 aromatic heterocycles. The summed E-state index contributed by atoms with van der Waals surface area (Å²) in [6, 6.07) is 7.06. The number of amides is 1. The zero-order valence-corrected chi connectivity index (χ0v) is 18.3. The van der Waals surface area contributed by atoms with Crippen LogP contribution in [0, 0.1) is 5.92 Å². The van der Waals surface area contributed by atoms with Crippen molar-refractivity contribution >= 4 is 15.9 Å². The van der Waals surface area contributed by atoms with E-state index in [1.165, 1.54) is 0 Å². The molecule has 1 amide bonds. The molecule has 2 fully saturated rings. The number of sulfonamides is 1. The fourth-order valence-corrected chi connectivity index (χ4v) is 5.72. The minimum Gasteiger partial charge on any atom is -0.381 e. The Morgan fingerprint density at radius 1 is 1.07 bits per heavy atom. The van der Waals surface area contributed by atoms with Crippen molar-refractivity contribution in [2.75, 3.05) is 39.4 Å². The van der Waals surface area contributed by atoms with Crippen molar-refractivity contribution < 1.29 is 17.9 Å². The second-order valence-electron chi connectivity index (χ2n) is 8.12. The fourth-order valence-electron chi connectivity index (χ4n) is 4.20. The van der Waals surface area contributed by atoms with Crippen molar-refractivity contribution in [3.63, 3.8) is 0 Å². The van der Waals surface area contributed by atoms with Crippen LogP contribution in [0.3, 0.4) is 0 Å². The molecule has 0 spiro atoms. The van der Waals surface area contributed by atoms with Gasteiger partial charge in [-0.15, -0.1) is 0 Å². The summed E-state index contributed by atoms with van der Waals surface area (Å²) in [5, 5.41) is 0. The summed E-state index contributed by atoms with van der Waals surface area (Å²) in [7, 11) is -3.39. The van der Waals surface area contributed by atoms with Crippen LogP contribution >= 0.6 is 0 Å². The normalized spacial score (nSPS) is 21.3. The van der Waals surface area contributed by atoms with E-state index >= 15 is 0 Å². The van der Waals surface area contributed by atoms with Gasteiger partial charge in [0.25, 0.3) is 0 Å². The molecule has 6 nitrogen and oxygen atoms in total. The van der Waals surface area contributed by atoms with Crippen molar-refractivity contribution in [2.45, 2.75) is 56.8 Å². The topological polar surface area (TPSA) is 66.9 Å². The number of likely N-dealkylation sites (tertiary alicyclic amines) is 1. The molecular weight excluding hydrogens is 388 g/mol. The van der Waals surface area contributed by atoms with Gasteiger partial charge in [-0.25, -0.2) is 8.42 Å². The van der Waals surface area contributed by atoms with Crippen LogP contribution in [0.25, 0.3) is 0 Å². The molecule has 0 N–H and O–H groups in total. The lowest BCUT2D eigenvalue weighted by Crippen LogP contribution is -2.41. The van der Waals surface area contributed by atoms with Gasteiger partial charge in [-0.05, 0) is 62.6 Å². The number of hydrogen-bond acceptors (Lipinski definition) is 4. The van der Waals surface area contributed by atoms with Gasteiger partial charge >= 0.3 is 0 Å². The Morgan fingerprint density at radius 2 is 1.79 bits per heavy atom. The number of nitrogens with zero attached hydrogens (tertiary/aromatic N) is 2. The Hall–Kier alpha value is -1.44. The van der Waals surface area contributed by atoms with Crippen LogP contribution < -0.4 is 0 Å². The second kappa shape index (κ2) is 10.5. The van der Waals surface area contributed by atoms with E-state index in [0.29, 0.717) is 43.4 Å². The molecule has 0 aliphatic carbocycles. The molecule has 0 saturated carbocycles. The lowest BCUT2D eigenvalue weighted by atomic mass is 9.98. The molecule has 3 rings (SSSR count). The first kappa shape index (κ1) is 22.2. The standard InChI is InChI=1S/C22H34N2O4S/c1-2-28-18-20-7-6-14-23(17-20)22(25)13-10-19-8-11-21(12-9-19)29(26,27)24-15-4-3-5-16-24/h8-9,11-12,20H,2-7,10,13-18H2,1H3. The molecule has 1 aromatic carbocycles. The van der Waals surface area contributed by atoms with Crippen LogP contribution in [0.4, 0.5) is 0 Å². The highest BCUT2D eigenvalue weighted by atomic mass is 32.2. The van der Waals surface area contributed by atoms with Crippen LogP contribution in [0.1, 0.15) is 51.0 Å². The Balaban J connectivity index is 1.51. The molecule has 162 valence electrons. The van der Waals surface area contributed by atoms with E-state index in [-0.39, 0.29) is 5.91 Å². The van der Waals surface area contributed by atoms with Gasteiger partial charge in [-0.1, -0.05) is 18.6 Å². The summed E-state index contributed by atoms with van der Waals surface area (Å²) in [4.78, 5) is 14.9. The maximum atomic E-state index is 12.7. The van der Waals surface area contributed by atoms with Crippen LogP contribution in [0.5, 0.6) is 0 Å². The number of hydrogen-bond donors (Lipinski definition) is 0. The third-order valence-electron chi connectivity index (χ3n) is 5.93. The third kappa shape index (κ3) is 6.03. The number of ether oxygens (including phenoxy) is 1. The zero-order chi connectivity index (χ0) is 20.7. The van der Waals surface area contributed by atoms with E-state index in [4.69, 9.17) is 4.74 Å². The molecule has 1 aromatic rings. The molecule has 0 radical (unpaired) electrons. The van der Waals surface area contributed by atoms with Gasteiger partial charge in [0.15, 0.2) is 0 Å². The summed E-state index contributed by atoms with van der Waals surface area (Å²) in [6.07, 6.45) is 6.21. The van der Waals surface area contributed by atoms with Crippen molar-refractivity contribution in [3.8, 4) is 0 Å². The number of carbonyl (C=O) groups excluding carboxylic acids is 1. The molecule has 2 aliphatic heterocycles. The highest BCUT2D eigenvalue weighted by Crippen LogP contribution is 2.22. The molecule has 7 heteroatoms. The highest BCUT2D eigenvalue weighted by Gasteiger charge is 2.26. The van der Waals surface area contributed by atoms with Crippen LogP contribution in [-0.2, 0) is 26.0 Å². The maximum absolute atomic E-state index is 12.7. The van der Waals surface area contributed by atoms with Crippen LogP contribution in [0.15, 0.2) is 29.2 Å². The highest BCUT2D eigenvalue weighted by molar-refractivity contribution is 7.89. The second-order valence-corrected chi connectivity index (χ2v) is 10.1. The summed E-state index contributed by atoms with van der Waals surface area (Å²) in [5.74, 6) is 0.614. The first-order valence-electron chi connectivity index (χ1n) is 11.0. The Kier molecular flexibility index (Phi) is 8.09. The van der Waals surface area contributed by atoms with E-state index in [1.54, 1.807) is 16.4 Å². The SMILES string of the molecule is CCOCC1CCCN(C(=O)CCc2ccc(S(=O)(=O)N3CCCCC3)cc2)C1. The minimum atomic E-state index is -3.39. The number of carbonyl (C=O) groups is 1. The average Bonchev–Trinajstić information content (AvgIpc) is 2.77. The summed E-state index contributed by atoms with van der Waals surface area (Å²) in [6.45, 7) is 6.27. The van der Waals surface area contributed by atoms with Crippen molar-refractivity contribution in [1.82, 2.24) is 9.21 Å². The van der Waals surface area contributed by atoms with E-state index in [0.717, 1.165) is 57.4 Å². The zero-order valence-electron chi connectivity index (χ0n) is 17.5. The quantitative estimate of drug-likeness (QED) is 0.646. The largest absolute Gasteiger partial charge is 0.381 e. The third-order valence-corrected chi connectivity index (χ3v) is 7.85. The van der Waals surface area contributed by atoms with Crippen LogP contribution in [0.2, 0.25) is 0 Å².